The first-order chi connectivity index (χ1) is 10.6. The molecule has 1 aromatic rings. The van der Waals surface area contributed by atoms with Crippen molar-refractivity contribution < 1.29 is 14.7 Å². The van der Waals surface area contributed by atoms with Crippen molar-refractivity contribution in [1.29, 1.82) is 0 Å². The Morgan fingerprint density at radius 1 is 1.27 bits per heavy atom. The highest BCUT2D eigenvalue weighted by Crippen LogP contribution is 2.21. The molecular weight excluding hydrogens is 282 g/mol. The van der Waals surface area contributed by atoms with Crippen molar-refractivity contribution in [3.63, 3.8) is 0 Å². The summed E-state index contributed by atoms with van der Waals surface area (Å²) in [7, 11) is 2.09. The number of carbonyl (C=O) groups excluding carboxylic acids is 1. The number of amides is 2. The summed E-state index contributed by atoms with van der Waals surface area (Å²) in [5.41, 5.74) is 1.19. The molecule has 0 radical (unpaired) electrons. The third kappa shape index (κ3) is 4.38. The monoisotopic (exact) mass is 305 g/mol. The van der Waals surface area contributed by atoms with Crippen molar-refractivity contribution in [3.8, 4) is 0 Å². The van der Waals surface area contributed by atoms with Crippen LogP contribution in [0.25, 0.3) is 0 Å². The van der Waals surface area contributed by atoms with Crippen molar-refractivity contribution in [2.24, 2.45) is 0 Å². The van der Waals surface area contributed by atoms with Crippen LogP contribution in [0.4, 0.5) is 10.5 Å². The molecule has 2 amide bonds. The molecule has 0 unspecified atom stereocenters. The fourth-order valence-electron chi connectivity index (χ4n) is 2.72. The SMILES string of the molecule is CN(c1ccccc1)C1CCN(C(=O)NCCC(=O)O)CC1. The molecule has 120 valence electrons. The third-order valence-electron chi connectivity index (χ3n) is 4.08. The number of carboxylic acids is 1. The lowest BCUT2D eigenvalue weighted by Crippen LogP contribution is -2.49. The first-order valence-corrected chi connectivity index (χ1v) is 7.60. The molecule has 1 fully saturated rings. The smallest absolute Gasteiger partial charge is 0.317 e. The van der Waals surface area contributed by atoms with Crippen molar-refractivity contribution in [3.05, 3.63) is 30.3 Å². The molecule has 1 aliphatic heterocycles. The highest BCUT2D eigenvalue weighted by Gasteiger charge is 2.25. The molecule has 0 spiro atoms. The zero-order valence-electron chi connectivity index (χ0n) is 12.9. The Bertz CT molecular complexity index is 499. The maximum absolute atomic E-state index is 11.9. The van der Waals surface area contributed by atoms with Crippen LogP contribution in [0.1, 0.15) is 19.3 Å². The second-order valence-electron chi connectivity index (χ2n) is 5.54. The summed E-state index contributed by atoms with van der Waals surface area (Å²) in [6, 6.07) is 10.5. The lowest BCUT2D eigenvalue weighted by Gasteiger charge is -2.37. The van der Waals surface area contributed by atoms with E-state index in [2.05, 4.69) is 29.4 Å². The Balaban J connectivity index is 1.78. The molecule has 0 aromatic heterocycles. The van der Waals surface area contributed by atoms with E-state index in [1.54, 1.807) is 4.90 Å². The maximum atomic E-state index is 11.9. The lowest BCUT2D eigenvalue weighted by atomic mass is 10.0. The van der Waals surface area contributed by atoms with Crippen LogP contribution >= 0.6 is 0 Å². The van der Waals surface area contributed by atoms with Crippen LogP contribution in [0.15, 0.2) is 30.3 Å². The van der Waals surface area contributed by atoms with Crippen molar-refractivity contribution in [2.45, 2.75) is 25.3 Å². The summed E-state index contributed by atoms with van der Waals surface area (Å²) in [6.45, 7) is 1.57. The molecule has 0 saturated carbocycles. The summed E-state index contributed by atoms with van der Waals surface area (Å²) >= 11 is 0. The molecular formula is C16H23N3O3. The largest absolute Gasteiger partial charge is 0.481 e. The molecule has 1 saturated heterocycles. The second-order valence-corrected chi connectivity index (χ2v) is 5.54. The van der Waals surface area contributed by atoms with E-state index in [-0.39, 0.29) is 19.0 Å². The van der Waals surface area contributed by atoms with Gasteiger partial charge in [0.25, 0.3) is 0 Å². The predicted octanol–water partition coefficient (Wildman–Crippen LogP) is 1.77. The molecule has 0 bridgehead atoms. The number of hydrogen-bond acceptors (Lipinski definition) is 3. The van der Waals surface area contributed by atoms with Gasteiger partial charge in [-0.1, -0.05) is 18.2 Å². The van der Waals surface area contributed by atoms with Gasteiger partial charge < -0.3 is 20.2 Å². The zero-order chi connectivity index (χ0) is 15.9. The van der Waals surface area contributed by atoms with Gasteiger partial charge >= 0.3 is 12.0 Å². The van der Waals surface area contributed by atoms with Gasteiger partial charge in [-0.2, -0.15) is 0 Å². The Morgan fingerprint density at radius 3 is 2.50 bits per heavy atom. The minimum absolute atomic E-state index is 0.0427. The van der Waals surface area contributed by atoms with Crippen LogP contribution in [0, 0.1) is 0 Å². The van der Waals surface area contributed by atoms with Crippen molar-refractivity contribution in [2.75, 3.05) is 31.6 Å². The third-order valence-corrected chi connectivity index (χ3v) is 4.08. The average molecular weight is 305 g/mol. The number of hydrogen-bond donors (Lipinski definition) is 2. The first-order valence-electron chi connectivity index (χ1n) is 7.60. The number of carbonyl (C=O) groups is 2. The van der Waals surface area contributed by atoms with E-state index >= 15 is 0 Å². The standard InChI is InChI=1S/C16H23N3O3/c1-18(13-5-3-2-4-6-13)14-8-11-19(12-9-14)16(22)17-10-7-15(20)21/h2-6,14H,7-12H2,1H3,(H,17,22)(H,20,21). The molecule has 1 aromatic carbocycles. The molecule has 1 heterocycles. The van der Waals surface area contributed by atoms with Crippen LogP contribution in [0.2, 0.25) is 0 Å². The van der Waals surface area contributed by atoms with Gasteiger partial charge in [-0.15, -0.1) is 0 Å². The minimum atomic E-state index is -0.900. The van der Waals surface area contributed by atoms with Gasteiger partial charge in [0.15, 0.2) is 0 Å². The van der Waals surface area contributed by atoms with Crippen LogP contribution < -0.4 is 10.2 Å². The highest BCUT2D eigenvalue weighted by atomic mass is 16.4. The van der Waals surface area contributed by atoms with Gasteiger partial charge in [-0.3, -0.25) is 4.79 Å². The van der Waals surface area contributed by atoms with E-state index < -0.39 is 5.97 Å². The van der Waals surface area contributed by atoms with E-state index in [0.717, 1.165) is 12.8 Å². The highest BCUT2D eigenvalue weighted by molar-refractivity contribution is 5.75. The fourth-order valence-corrected chi connectivity index (χ4v) is 2.72. The zero-order valence-corrected chi connectivity index (χ0v) is 12.9. The Morgan fingerprint density at radius 2 is 1.91 bits per heavy atom. The van der Waals surface area contributed by atoms with Gasteiger partial charge in [-0.25, -0.2) is 4.79 Å². The van der Waals surface area contributed by atoms with Crippen LogP contribution in [0.5, 0.6) is 0 Å². The second kappa shape index (κ2) is 7.68. The lowest BCUT2D eigenvalue weighted by molar-refractivity contribution is -0.136. The van der Waals surface area contributed by atoms with Crippen molar-refractivity contribution in [1.82, 2.24) is 10.2 Å². The van der Waals surface area contributed by atoms with Gasteiger partial charge in [0.2, 0.25) is 0 Å². The van der Waals surface area contributed by atoms with Crippen LogP contribution in [0.3, 0.4) is 0 Å². The first kappa shape index (κ1) is 16.1. The van der Waals surface area contributed by atoms with Crippen LogP contribution in [-0.4, -0.2) is 54.7 Å². The fraction of sp³-hybridized carbons (Fsp3) is 0.500. The van der Waals surface area contributed by atoms with Crippen LogP contribution in [-0.2, 0) is 4.79 Å². The molecule has 2 N–H and O–H groups in total. The number of nitrogens with one attached hydrogen (secondary N) is 1. The number of piperidine rings is 1. The van der Waals surface area contributed by atoms with E-state index in [1.807, 2.05) is 18.2 Å². The molecule has 6 nitrogen and oxygen atoms in total. The summed E-state index contributed by atoms with van der Waals surface area (Å²) in [5.74, 6) is -0.900. The number of rotatable bonds is 5. The number of likely N-dealkylation sites (tertiary alicyclic amines) is 1. The number of para-hydroxylation sites is 1. The van der Waals surface area contributed by atoms with Gasteiger partial charge in [0, 0.05) is 38.4 Å². The number of carboxylic acid groups (broad SMARTS) is 1. The molecule has 0 aliphatic carbocycles. The van der Waals surface area contributed by atoms with E-state index in [9.17, 15) is 9.59 Å². The Labute approximate surface area is 130 Å². The summed E-state index contributed by atoms with van der Waals surface area (Å²) in [6.07, 6.45) is 1.79. The van der Waals surface area contributed by atoms with Crippen molar-refractivity contribution >= 4 is 17.7 Å². The molecule has 6 heteroatoms. The number of nitrogens with zero attached hydrogens (tertiary/aromatic N) is 2. The number of anilines is 1. The summed E-state index contributed by atoms with van der Waals surface area (Å²) < 4.78 is 0. The topological polar surface area (TPSA) is 72.9 Å². The molecule has 22 heavy (non-hydrogen) atoms. The maximum Gasteiger partial charge on any atom is 0.317 e. The summed E-state index contributed by atoms with van der Waals surface area (Å²) in [4.78, 5) is 26.4. The van der Waals surface area contributed by atoms with Gasteiger partial charge in [0.1, 0.15) is 0 Å². The molecule has 0 atom stereocenters. The van der Waals surface area contributed by atoms with E-state index in [0.29, 0.717) is 19.1 Å². The number of aliphatic carboxylic acids is 1. The Hall–Kier alpha value is -2.24. The average Bonchev–Trinajstić information content (AvgIpc) is 2.54. The van der Waals surface area contributed by atoms with Gasteiger partial charge in [0.05, 0.1) is 6.42 Å². The normalized spacial score (nSPS) is 15.4. The van der Waals surface area contributed by atoms with E-state index in [1.165, 1.54) is 5.69 Å². The predicted molar refractivity (Wildman–Crippen MR) is 85.1 cm³/mol. The van der Waals surface area contributed by atoms with E-state index in [4.69, 9.17) is 5.11 Å². The number of urea groups is 1. The van der Waals surface area contributed by atoms with Gasteiger partial charge in [-0.05, 0) is 25.0 Å². The quantitative estimate of drug-likeness (QED) is 0.869. The molecule has 1 aliphatic rings. The minimum Gasteiger partial charge on any atom is -0.481 e. The molecule has 2 rings (SSSR count). The number of benzene rings is 1. The summed E-state index contributed by atoms with van der Waals surface area (Å²) in [5, 5.41) is 11.2. The Kier molecular flexibility index (Phi) is 5.63.